The molecule has 2 rings (SSSR count). The number of benzene rings is 1. The summed E-state index contributed by atoms with van der Waals surface area (Å²) in [4.78, 5) is 23.7. The first kappa shape index (κ1) is 21.7. The Hall–Kier alpha value is -2.57. The van der Waals surface area contributed by atoms with Crippen molar-refractivity contribution in [1.82, 2.24) is 15.4 Å². The smallest absolute Gasteiger partial charge is 0.251 e. The van der Waals surface area contributed by atoms with Crippen molar-refractivity contribution in [3.8, 4) is 18.1 Å². The molecule has 0 aromatic heterocycles. The fraction of sp³-hybridized carbons (Fsp3) is 0.474. The van der Waals surface area contributed by atoms with E-state index in [-0.39, 0.29) is 47.7 Å². The lowest BCUT2D eigenvalue weighted by Crippen LogP contribution is -2.33. The van der Waals surface area contributed by atoms with Crippen LogP contribution in [0.1, 0.15) is 42.5 Å². The number of ether oxygens (including phenoxy) is 1. The summed E-state index contributed by atoms with van der Waals surface area (Å²) in [5.74, 6) is 1.69. The zero-order valence-corrected chi connectivity index (χ0v) is 16.6. The summed E-state index contributed by atoms with van der Waals surface area (Å²) in [6, 6.07) is 4.09. The van der Waals surface area contributed by atoms with Crippen molar-refractivity contribution in [2.24, 2.45) is 0 Å². The minimum Gasteiger partial charge on any atom is -0.495 e. The van der Waals surface area contributed by atoms with Gasteiger partial charge in [0.05, 0.1) is 13.7 Å². The van der Waals surface area contributed by atoms with Crippen LogP contribution in [0.2, 0.25) is 0 Å². The summed E-state index contributed by atoms with van der Waals surface area (Å²) in [5, 5.41) is 5.08. The van der Waals surface area contributed by atoms with Gasteiger partial charge in [-0.15, -0.1) is 6.42 Å². The fourth-order valence-electron chi connectivity index (χ4n) is 2.98. The normalized spacial score (nSPS) is 14.3. The Kier molecular flexibility index (Phi) is 7.84. The van der Waals surface area contributed by atoms with Gasteiger partial charge in [-0.05, 0) is 31.0 Å². The number of sulfonamides is 1. The Bertz CT molecular complexity index is 855. The Balaban J connectivity index is 2.07. The quantitative estimate of drug-likeness (QED) is 0.524. The first-order valence-electron chi connectivity index (χ1n) is 9.06. The van der Waals surface area contributed by atoms with E-state index in [0.717, 1.165) is 25.7 Å². The number of methoxy groups -OCH3 is 1. The molecule has 0 aliphatic heterocycles. The van der Waals surface area contributed by atoms with Gasteiger partial charge in [-0.25, -0.2) is 13.1 Å². The van der Waals surface area contributed by atoms with Crippen LogP contribution in [-0.4, -0.2) is 46.5 Å². The van der Waals surface area contributed by atoms with Gasteiger partial charge >= 0.3 is 0 Å². The van der Waals surface area contributed by atoms with E-state index in [0.29, 0.717) is 0 Å². The van der Waals surface area contributed by atoms with Crippen LogP contribution in [0.3, 0.4) is 0 Å². The molecule has 0 atom stereocenters. The molecule has 0 radical (unpaired) electrons. The van der Waals surface area contributed by atoms with E-state index < -0.39 is 15.9 Å². The lowest BCUT2D eigenvalue weighted by molar-refractivity contribution is -0.120. The maximum absolute atomic E-state index is 12.8. The molecule has 0 saturated heterocycles. The van der Waals surface area contributed by atoms with Gasteiger partial charge in [0.2, 0.25) is 15.9 Å². The third-order valence-corrected chi connectivity index (χ3v) is 5.96. The molecule has 1 aliphatic carbocycles. The molecule has 0 unspecified atom stereocenters. The molecule has 2 amide bonds. The van der Waals surface area contributed by atoms with Crippen LogP contribution in [0, 0.1) is 12.3 Å². The monoisotopic (exact) mass is 407 g/mol. The Morgan fingerprint density at radius 3 is 2.61 bits per heavy atom. The minimum atomic E-state index is -3.82. The average molecular weight is 407 g/mol. The maximum Gasteiger partial charge on any atom is 0.251 e. The third-order valence-electron chi connectivity index (χ3n) is 4.42. The largest absolute Gasteiger partial charge is 0.495 e. The van der Waals surface area contributed by atoms with Crippen molar-refractivity contribution >= 4 is 21.8 Å². The molecule has 152 valence electrons. The number of hydrogen-bond donors (Lipinski definition) is 3. The minimum absolute atomic E-state index is 0.0674. The zero-order chi connectivity index (χ0) is 20.6. The summed E-state index contributed by atoms with van der Waals surface area (Å²) in [6.07, 6.45) is 8.69. The van der Waals surface area contributed by atoms with Gasteiger partial charge in [0.25, 0.3) is 5.91 Å². The first-order valence-corrected chi connectivity index (χ1v) is 10.5. The van der Waals surface area contributed by atoms with E-state index in [9.17, 15) is 18.0 Å². The molecule has 28 heavy (non-hydrogen) atoms. The molecule has 9 heteroatoms. The van der Waals surface area contributed by atoms with Crippen molar-refractivity contribution < 1.29 is 22.7 Å². The first-order chi connectivity index (χ1) is 13.4. The second kappa shape index (κ2) is 10.1. The maximum atomic E-state index is 12.8. The average Bonchev–Trinajstić information content (AvgIpc) is 3.18. The highest BCUT2D eigenvalue weighted by Gasteiger charge is 2.26. The number of carbonyl (C=O) groups excluding carboxylic acids is 2. The Labute approximate surface area is 165 Å². The van der Waals surface area contributed by atoms with Crippen LogP contribution < -0.4 is 20.1 Å². The van der Waals surface area contributed by atoms with E-state index in [1.54, 1.807) is 0 Å². The number of nitrogens with one attached hydrogen (secondary N) is 3. The molecule has 1 aromatic rings. The molecule has 1 fully saturated rings. The molecule has 0 bridgehead atoms. The number of amides is 2. The molecule has 8 nitrogen and oxygen atoms in total. The van der Waals surface area contributed by atoms with Gasteiger partial charge in [-0.3, -0.25) is 9.59 Å². The number of carbonyl (C=O) groups is 2. The van der Waals surface area contributed by atoms with Crippen molar-refractivity contribution in [3.05, 3.63) is 23.8 Å². The molecular weight excluding hydrogens is 382 g/mol. The van der Waals surface area contributed by atoms with Gasteiger partial charge in [-0.2, -0.15) is 0 Å². The van der Waals surface area contributed by atoms with Crippen LogP contribution in [0.25, 0.3) is 0 Å². The zero-order valence-electron chi connectivity index (χ0n) is 15.8. The number of hydrogen-bond acceptors (Lipinski definition) is 5. The molecular formula is C19H25N3O5S. The van der Waals surface area contributed by atoms with E-state index in [1.165, 1.54) is 25.3 Å². The van der Waals surface area contributed by atoms with Gasteiger partial charge in [0.1, 0.15) is 10.6 Å². The number of terminal acetylenes is 1. The topological polar surface area (TPSA) is 114 Å². The predicted molar refractivity (Wildman–Crippen MR) is 104 cm³/mol. The van der Waals surface area contributed by atoms with Gasteiger partial charge < -0.3 is 15.4 Å². The summed E-state index contributed by atoms with van der Waals surface area (Å²) in [6.45, 7) is 0.226. The summed E-state index contributed by atoms with van der Waals surface area (Å²) in [7, 11) is -2.45. The Morgan fingerprint density at radius 1 is 1.25 bits per heavy atom. The third kappa shape index (κ3) is 5.97. The van der Waals surface area contributed by atoms with Gasteiger partial charge in [0, 0.05) is 24.6 Å². The van der Waals surface area contributed by atoms with Crippen LogP contribution in [0.5, 0.6) is 5.75 Å². The summed E-state index contributed by atoms with van der Waals surface area (Å²) >= 11 is 0. The van der Waals surface area contributed by atoms with Crippen molar-refractivity contribution in [2.75, 3.05) is 20.2 Å². The molecule has 1 aliphatic rings. The van der Waals surface area contributed by atoms with E-state index in [2.05, 4.69) is 21.3 Å². The molecule has 0 heterocycles. The van der Waals surface area contributed by atoms with Crippen LogP contribution >= 0.6 is 0 Å². The van der Waals surface area contributed by atoms with Crippen molar-refractivity contribution in [2.45, 2.75) is 43.0 Å². The van der Waals surface area contributed by atoms with Crippen LogP contribution in [-0.2, 0) is 14.8 Å². The predicted octanol–water partition coefficient (Wildman–Crippen LogP) is 0.785. The second-order valence-corrected chi connectivity index (χ2v) is 8.14. The summed E-state index contributed by atoms with van der Waals surface area (Å²) < 4.78 is 33.4. The van der Waals surface area contributed by atoms with Crippen molar-refractivity contribution in [3.63, 3.8) is 0 Å². The highest BCUT2D eigenvalue weighted by Crippen LogP contribution is 2.27. The van der Waals surface area contributed by atoms with Crippen LogP contribution in [0.4, 0.5) is 0 Å². The van der Waals surface area contributed by atoms with E-state index in [4.69, 9.17) is 11.2 Å². The van der Waals surface area contributed by atoms with E-state index >= 15 is 0 Å². The lowest BCUT2D eigenvalue weighted by atomic mass is 10.2. The molecule has 0 spiro atoms. The summed E-state index contributed by atoms with van der Waals surface area (Å²) in [5.41, 5.74) is 0.164. The van der Waals surface area contributed by atoms with Crippen LogP contribution in [0.15, 0.2) is 23.1 Å². The SMILES string of the molecule is C#CCNC(=O)CCNC(=O)c1ccc(OC)c(S(=O)(=O)NC2CCCC2)c1. The van der Waals surface area contributed by atoms with Gasteiger partial charge in [0.15, 0.2) is 0 Å². The second-order valence-electron chi connectivity index (χ2n) is 6.46. The Morgan fingerprint density at radius 2 is 1.96 bits per heavy atom. The molecule has 1 aromatic carbocycles. The lowest BCUT2D eigenvalue weighted by Gasteiger charge is -2.15. The van der Waals surface area contributed by atoms with Crippen molar-refractivity contribution in [1.29, 1.82) is 0 Å². The van der Waals surface area contributed by atoms with E-state index in [1.807, 2.05) is 0 Å². The molecule has 1 saturated carbocycles. The molecule has 3 N–H and O–H groups in total. The highest BCUT2D eigenvalue weighted by atomic mass is 32.2. The fourth-order valence-corrected chi connectivity index (χ4v) is 4.48. The highest BCUT2D eigenvalue weighted by molar-refractivity contribution is 7.89. The van der Waals surface area contributed by atoms with Gasteiger partial charge in [-0.1, -0.05) is 18.8 Å². The number of rotatable bonds is 9. The standard InChI is InChI=1S/C19H25N3O5S/c1-3-11-20-18(23)10-12-21-19(24)14-8-9-16(27-2)17(13-14)28(25,26)22-15-6-4-5-7-15/h1,8-9,13,15,22H,4-7,10-12H2,2H3,(H,20,23)(H,21,24).